The highest BCUT2D eigenvalue weighted by Crippen LogP contribution is 2.30. The van der Waals surface area contributed by atoms with Crippen LogP contribution in [0.2, 0.25) is 5.02 Å². The highest BCUT2D eigenvalue weighted by Gasteiger charge is 2.12. The van der Waals surface area contributed by atoms with Gasteiger partial charge in [-0.2, -0.15) is 5.26 Å². The van der Waals surface area contributed by atoms with Crippen LogP contribution in [0, 0.1) is 11.3 Å². The van der Waals surface area contributed by atoms with Crippen molar-refractivity contribution in [1.82, 2.24) is 4.98 Å². The number of benzene rings is 1. The van der Waals surface area contributed by atoms with Crippen LogP contribution in [0.4, 0.5) is 0 Å². The van der Waals surface area contributed by atoms with E-state index in [-0.39, 0.29) is 6.10 Å². The van der Waals surface area contributed by atoms with Crippen LogP contribution in [-0.2, 0) is 0 Å². The lowest BCUT2D eigenvalue weighted by Crippen LogP contribution is -2.14. The minimum Gasteiger partial charge on any atom is -0.487 e. The maximum atomic E-state index is 8.74. The zero-order chi connectivity index (χ0) is 13.0. The van der Waals surface area contributed by atoms with Gasteiger partial charge in [0.1, 0.15) is 17.4 Å². The van der Waals surface area contributed by atoms with Crippen molar-refractivity contribution in [3.63, 3.8) is 0 Å². The van der Waals surface area contributed by atoms with Gasteiger partial charge in [0, 0.05) is 11.6 Å². The van der Waals surface area contributed by atoms with Gasteiger partial charge in [-0.05, 0) is 30.7 Å². The number of hydrogen-bond donors (Lipinski definition) is 0. The molecule has 18 heavy (non-hydrogen) atoms. The maximum absolute atomic E-state index is 8.74. The van der Waals surface area contributed by atoms with Gasteiger partial charge in [0.2, 0.25) is 0 Å². The number of rotatable bonds is 4. The molecule has 0 saturated heterocycles. The predicted octanol–water partition coefficient (Wildman–Crippen LogP) is 3.96. The summed E-state index contributed by atoms with van der Waals surface area (Å²) < 4.78 is 5.83. The number of halogens is 1. The van der Waals surface area contributed by atoms with Crippen molar-refractivity contribution in [2.45, 2.75) is 25.9 Å². The average Bonchev–Trinajstić information content (AvgIpc) is 2.41. The van der Waals surface area contributed by atoms with Crippen LogP contribution >= 0.6 is 11.6 Å². The molecule has 2 rings (SSSR count). The molecule has 1 aromatic heterocycles. The van der Waals surface area contributed by atoms with Crippen molar-refractivity contribution in [3.8, 4) is 11.8 Å². The Balaban J connectivity index is 2.40. The minimum atomic E-state index is -0.110. The molecule has 0 saturated carbocycles. The van der Waals surface area contributed by atoms with E-state index >= 15 is 0 Å². The Labute approximate surface area is 111 Å². The Morgan fingerprint density at radius 2 is 2.28 bits per heavy atom. The van der Waals surface area contributed by atoms with Crippen molar-refractivity contribution >= 4 is 22.5 Å². The van der Waals surface area contributed by atoms with E-state index in [1.54, 1.807) is 18.3 Å². The molecule has 0 amide bonds. The van der Waals surface area contributed by atoms with Gasteiger partial charge in [-0.1, -0.05) is 18.5 Å². The molecule has 3 nitrogen and oxygen atoms in total. The molecule has 0 bridgehead atoms. The van der Waals surface area contributed by atoms with Crippen molar-refractivity contribution in [2.24, 2.45) is 0 Å². The van der Waals surface area contributed by atoms with E-state index in [9.17, 15) is 0 Å². The summed E-state index contributed by atoms with van der Waals surface area (Å²) in [6.07, 6.45) is 2.75. The fourth-order valence-electron chi connectivity index (χ4n) is 1.76. The number of fused-ring (bicyclic) bond motifs is 1. The molecule has 0 spiro atoms. The SMILES string of the molecule is CCC(CC#N)Oc1ccc(Cl)c2cccnc12. The maximum Gasteiger partial charge on any atom is 0.146 e. The number of hydrogen-bond acceptors (Lipinski definition) is 3. The topological polar surface area (TPSA) is 45.9 Å². The molecule has 2 aromatic rings. The molecular formula is C14H13ClN2O. The zero-order valence-corrected chi connectivity index (χ0v) is 10.8. The molecule has 1 unspecified atom stereocenters. The summed E-state index contributed by atoms with van der Waals surface area (Å²) in [5.74, 6) is 0.678. The second-order valence-electron chi connectivity index (χ2n) is 3.96. The average molecular weight is 261 g/mol. The lowest BCUT2D eigenvalue weighted by atomic mass is 10.2. The number of aromatic nitrogens is 1. The summed E-state index contributed by atoms with van der Waals surface area (Å²) in [4.78, 5) is 4.30. The van der Waals surface area contributed by atoms with Gasteiger partial charge in [-0.15, -0.1) is 0 Å². The molecular weight excluding hydrogens is 248 g/mol. The molecule has 0 fully saturated rings. The molecule has 0 N–H and O–H groups in total. The van der Waals surface area contributed by atoms with Gasteiger partial charge in [-0.25, -0.2) is 0 Å². The Morgan fingerprint density at radius 3 is 3.00 bits per heavy atom. The molecule has 0 aliphatic rings. The Bertz CT molecular complexity index is 592. The lowest BCUT2D eigenvalue weighted by molar-refractivity contribution is 0.204. The summed E-state index contributed by atoms with van der Waals surface area (Å²) in [5.41, 5.74) is 0.737. The first kappa shape index (κ1) is 12.7. The second kappa shape index (κ2) is 5.70. The van der Waals surface area contributed by atoms with Gasteiger partial charge in [0.05, 0.1) is 17.5 Å². The van der Waals surface area contributed by atoms with Crippen LogP contribution in [0.5, 0.6) is 5.75 Å². The van der Waals surface area contributed by atoms with Crippen molar-refractivity contribution < 1.29 is 4.74 Å². The van der Waals surface area contributed by atoms with Gasteiger partial charge < -0.3 is 4.74 Å². The van der Waals surface area contributed by atoms with E-state index in [2.05, 4.69) is 11.1 Å². The molecule has 0 aliphatic heterocycles. The highest BCUT2D eigenvalue weighted by atomic mass is 35.5. The van der Waals surface area contributed by atoms with Crippen molar-refractivity contribution in [2.75, 3.05) is 0 Å². The standard InChI is InChI=1S/C14H13ClN2O/c1-2-10(7-8-16)18-13-6-5-12(15)11-4-3-9-17-14(11)13/h3-6,9-10H,2,7H2,1H3. The van der Waals surface area contributed by atoms with E-state index in [4.69, 9.17) is 21.6 Å². The fraction of sp³-hybridized carbons (Fsp3) is 0.286. The van der Waals surface area contributed by atoms with E-state index in [0.717, 1.165) is 17.3 Å². The van der Waals surface area contributed by atoms with Crippen LogP contribution in [-0.4, -0.2) is 11.1 Å². The number of nitriles is 1. The van der Waals surface area contributed by atoms with Gasteiger partial charge >= 0.3 is 0 Å². The van der Waals surface area contributed by atoms with Gasteiger partial charge in [0.25, 0.3) is 0 Å². The minimum absolute atomic E-state index is 0.110. The summed E-state index contributed by atoms with van der Waals surface area (Å²) in [6, 6.07) is 9.47. The van der Waals surface area contributed by atoms with Crippen molar-refractivity contribution in [1.29, 1.82) is 5.26 Å². The molecule has 1 aromatic carbocycles. The van der Waals surface area contributed by atoms with Crippen LogP contribution in [0.3, 0.4) is 0 Å². The predicted molar refractivity (Wildman–Crippen MR) is 71.7 cm³/mol. The van der Waals surface area contributed by atoms with E-state index in [0.29, 0.717) is 17.2 Å². The molecule has 92 valence electrons. The lowest BCUT2D eigenvalue weighted by Gasteiger charge is -2.16. The molecule has 0 aliphatic carbocycles. The summed E-state index contributed by atoms with van der Waals surface area (Å²) in [7, 11) is 0. The molecule has 1 heterocycles. The van der Waals surface area contributed by atoms with Crippen LogP contribution in [0.25, 0.3) is 10.9 Å². The van der Waals surface area contributed by atoms with Gasteiger partial charge in [-0.3, -0.25) is 4.98 Å². The smallest absolute Gasteiger partial charge is 0.146 e. The van der Waals surface area contributed by atoms with Crippen LogP contribution in [0.15, 0.2) is 30.5 Å². The molecule has 4 heteroatoms. The van der Waals surface area contributed by atoms with Crippen LogP contribution < -0.4 is 4.74 Å². The Hall–Kier alpha value is -1.79. The van der Waals surface area contributed by atoms with E-state index < -0.39 is 0 Å². The summed E-state index contributed by atoms with van der Waals surface area (Å²) >= 11 is 6.11. The zero-order valence-electron chi connectivity index (χ0n) is 10.1. The molecule has 1 atom stereocenters. The quantitative estimate of drug-likeness (QED) is 0.836. The first-order chi connectivity index (χ1) is 8.76. The van der Waals surface area contributed by atoms with E-state index in [1.807, 2.05) is 19.1 Å². The first-order valence-corrected chi connectivity index (χ1v) is 6.21. The number of ether oxygens (including phenoxy) is 1. The van der Waals surface area contributed by atoms with E-state index in [1.165, 1.54) is 0 Å². The van der Waals surface area contributed by atoms with Gasteiger partial charge in [0.15, 0.2) is 0 Å². The third kappa shape index (κ3) is 2.55. The monoisotopic (exact) mass is 260 g/mol. The number of nitrogens with zero attached hydrogens (tertiary/aromatic N) is 2. The second-order valence-corrected chi connectivity index (χ2v) is 4.36. The normalized spacial score (nSPS) is 12.1. The van der Waals surface area contributed by atoms with Crippen LogP contribution in [0.1, 0.15) is 19.8 Å². The summed E-state index contributed by atoms with van der Waals surface area (Å²) in [6.45, 7) is 1.99. The molecule has 0 radical (unpaired) electrons. The number of pyridine rings is 1. The third-order valence-corrected chi connectivity index (χ3v) is 3.08. The van der Waals surface area contributed by atoms with Crippen molar-refractivity contribution in [3.05, 3.63) is 35.5 Å². The third-order valence-electron chi connectivity index (χ3n) is 2.75. The largest absolute Gasteiger partial charge is 0.487 e. The first-order valence-electron chi connectivity index (χ1n) is 5.83. The summed E-state index contributed by atoms with van der Waals surface area (Å²) in [5, 5.41) is 10.3. The Kier molecular flexibility index (Phi) is 4.01. The highest BCUT2D eigenvalue weighted by molar-refractivity contribution is 6.35. The Morgan fingerprint density at radius 1 is 1.44 bits per heavy atom. The fourth-order valence-corrected chi connectivity index (χ4v) is 1.97.